The van der Waals surface area contributed by atoms with Crippen LogP contribution in [0.15, 0.2) is 72.8 Å². The quantitative estimate of drug-likeness (QED) is 0.628. The zero-order valence-electron chi connectivity index (χ0n) is 17.6. The summed E-state index contributed by atoms with van der Waals surface area (Å²) in [5.41, 5.74) is 4.25. The number of hydrogen-bond donors (Lipinski definition) is 2. The minimum absolute atomic E-state index is 0.0843. The molecule has 31 heavy (non-hydrogen) atoms. The zero-order valence-corrected chi connectivity index (χ0v) is 17.6. The lowest BCUT2D eigenvalue weighted by atomic mass is 10.1. The average Bonchev–Trinajstić information content (AvgIpc) is 3.09. The van der Waals surface area contributed by atoms with Crippen molar-refractivity contribution in [1.29, 1.82) is 0 Å². The molecule has 3 aromatic rings. The Kier molecular flexibility index (Phi) is 5.89. The molecule has 0 aliphatic carbocycles. The standard InChI is InChI=1S/C25H25N3O3/c1-17-15-19-5-3-4-6-23(19)28(17)16-24(29)26-20-9-7-18(8-10-20)25(30)27-21-11-13-22(31-2)14-12-21/h3-14,17H,15-16H2,1-2H3,(H,26,29)(H,27,30)/t17-/m1/s1. The normalized spacial score (nSPS) is 14.6. The summed E-state index contributed by atoms with van der Waals surface area (Å²) in [6, 6.07) is 22.5. The first-order valence-corrected chi connectivity index (χ1v) is 10.2. The largest absolute Gasteiger partial charge is 0.497 e. The van der Waals surface area contributed by atoms with E-state index in [1.54, 1.807) is 55.6 Å². The molecule has 0 saturated heterocycles. The van der Waals surface area contributed by atoms with Gasteiger partial charge < -0.3 is 20.3 Å². The fraction of sp³-hybridized carbons (Fsp3) is 0.200. The van der Waals surface area contributed by atoms with Crippen LogP contribution in [0.4, 0.5) is 17.1 Å². The summed E-state index contributed by atoms with van der Waals surface area (Å²) in [5.74, 6) is 0.425. The molecule has 0 fully saturated rings. The van der Waals surface area contributed by atoms with E-state index in [1.165, 1.54) is 5.56 Å². The third-order valence-electron chi connectivity index (χ3n) is 5.44. The van der Waals surface area contributed by atoms with Crippen LogP contribution in [0.2, 0.25) is 0 Å². The van der Waals surface area contributed by atoms with Crippen molar-refractivity contribution in [3.05, 3.63) is 83.9 Å². The van der Waals surface area contributed by atoms with E-state index in [9.17, 15) is 9.59 Å². The van der Waals surface area contributed by atoms with Gasteiger partial charge in [-0.2, -0.15) is 0 Å². The Hall–Kier alpha value is -3.80. The molecule has 1 aliphatic rings. The summed E-state index contributed by atoms with van der Waals surface area (Å²) in [6.07, 6.45) is 0.946. The molecule has 2 amide bonds. The molecule has 0 saturated carbocycles. The second kappa shape index (κ2) is 8.92. The lowest BCUT2D eigenvalue weighted by Gasteiger charge is -2.24. The third-order valence-corrected chi connectivity index (χ3v) is 5.44. The second-order valence-electron chi connectivity index (χ2n) is 7.62. The Morgan fingerprint density at radius 1 is 0.935 bits per heavy atom. The van der Waals surface area contributed by atoms with Crippen molar-refractivity contribution in [2.75, 3.05) is 29.2 Å². The highest BCUT2D eigenvalue weighted by atomic mass is 16.5. The van der Waals surface area contributed by atoms with Crippen molar-refractivity contribution < 1.29 is 14.3 Å². The first-order valence-electron chi connectivity index (χ1n) is 10.2. The van der Waals surface area contributed by atoms with E-state index in [1.807, 2.05) is 12.1 Å². The van der Waals surface area contributed by atoms with Gasteiger partial charge in [-0.05, 0) is 73.5 Å². The summed E-state index contributed by atoms with van der Waals surface area (Å²) < 4.78 is 5.12. The summed E-state index contributed by atoms with van der Waals surface area (Å²) in [4.78, 5) is 27.2. The van der Waals surface area contributed by atoms with E-state index in [0.29, 0.717) is 16.9 Å². The highest BCUT2D eigenvalue weighted by Gasteiger charge is 2.27. The number of benzene rings is 3. The summed E-state index contributed by atoms with van der Waals surface area (Å²) >= 11 is 0. The van der Waals surface area contributed by atoms with Gasteiger partial charge in [-0.1, -0.05) is 18.2 Å². The molecule has 1 aliphatic heterocycles. The summed E-state index contributed by atoms with van der Waals surface area (Å²) in [7, 11) is 1.60. The molecule has 0 aromatic heterocycles. The van der Waals surface area contributed by atoms with Crippen molar-refractivity contribution in [3.8, 4) is 5.75 Å². The number of nitrogens with zero attached hydrogens (tertiary/aromatic N) is 1. The van der Waals surface area contributed by atoms with Crippen LogP contribution in [-0.4, -0.2) is 31.5 Å². The minimum Gasteiger partial charge on any atom is -0.497 e. The number of ether oxygens (including phenoxy) is 1. The number of fused-ring (bicyclic) bond motifs is 1. The number of rotatable bonds is 6. The molecule has 4 rings (SSSR count). The molecule has 6 nitrogen and oxygen atoms in total. The number of amides is 2. The molecule has 1 atom stereocenters. The van der Waals surface area contributed by atoms with Crippen LogP contribution in [0.1, 0.15) is 22.8 Å². The van der Waals surface area contributed by atoms with Gasteiger partial charge in [0.25, 0.3) is 5.91 Å². The summed E-state index contributed by atoms with van der Waals surface area (Å²) in [5, 5.41) is 5.77. The molecule has 3 aromatic carbocycles. The molecule has 0 bridgehead atoms. The second-order valence-corrected chi connectivity index (χ2v) is 7.62. The van der Waals surface area contributed by atoms with Gasteiger partial charge >= 0.3 is 0 Å². The van der Waals surface area contributed by atoms with Crippen LogP contribution in [-0.2, 0) is 11.2 Å². The molecule has 2 N–H and O–H groups in total. The fourth-order valence-electron chi connectivity index (χ4n) is 3.81. The zero-order chi connectivity index (χ0) is 21.8. The van der Waals surface area contributed by atoms with Crippen molar-refractivity contribution in [2.45, 2.75) is 19.4 Å². The molecule has 0 radical (unpaired) electrons. The smallest absolute Gasteiger partial charge is 0.255 e. The number of para-hydroxylation sites is 1. The van der Waals surface area contributed by atoms with E-state index in [0.717, 1.165) is 17.9 Å². The number of carbonyl (C=O) groups is 2. The van der Waals surface area contributed by atoms with Crippen LogP contribution in [0.25, 0.3) is 0 Å². The maximum atomic E-state index is 12.6. The van der Waals surface area contributed by atoms with Crippen molar-refractivity contribution in [3.63, 3.8) is 0 Å². The van der Waals surface area contributed by atoms with Gasteiger partial charge in [0, 0.05) is 28.7 Å². The molecule has 6 heteroatoms. The van der Waals surface area contributed by atoms with Crippen molar-refractivity contribution >= 4 is 28.9 Å². The van der Waals surface area contributed by atoms with Crippen LogP contribution in [0, 0.1) is 0 Å². The fourth-order valence-corrected chi connectivity index (χ4v) is 3.81. The van der Waals surface area contributed by atoms with Gasteiger partial charge in [0.15, 0.2) is 0 Å². The van der Waals surface area contributed by atoms with Gasteiger partial charge in [-0.3, -0.25) is 9.59 Å². The van der Waals surface area contributed by atoms with Gasteiger partial charge in [0.05, 0.1) is 13.7 Å². The first kappa shape index (κ1) is 20.5. The first-order chi connectivity index (χ1) is 15.0. The molecule has 158 valence electrons. The number of hydrogen-bond acceptors (Lipinski definition) is 4. The molecular formula is C25H25N3O3. The predicted octanol–water partition coefficient (Wildman–Crippen LogP) is 4.34. The van der Waals surface area contributed by atoms with Gasteiger partial charge in [-0.15, -0.1) is 0 Å². The topological polar surface area (TPSA) is 70.7 Å². The number of anilines is 3. The lowest BCUT2D eigenvalue weighted by Crippen LogP contribution is -2.37. The van der Waals surface area contributed by atoms with Crippen molar-refractivity contribution in [2.24, 2.45) is 0 Å². The average molecular weight is 415 g/mol. The maximum Gasteiger partial charge on any atom is 0.255 e. The number of carbonyl (C=O) groups excluding carboxylic acids is 2. The number of methoxy groups -OCH3 is 1. The Morgan fingerprint density at radius 3 is 2.29 bits per heavy atom. The number of nitrogens with one attached hydrogen (secondary N) is 2. The Bertz CT molecular complexity index is 1080. The van der Waals surface area contributed by atoms with E-state index < -0.39 is 0 Å². The van der Waals surface area contributed by atoms with Crippen LogP contribution in [0.3, 0.4) is 0 Å². The Balaban J connectivity index is 1.35. The molecular weight excluding hydrogens is 390 g/mol. The van der Waals surface area contributed by atoms with E-state index in [2.05, 4.69) is 34.6 Å². The van der Waals surface area contributed by atoms with E-state index in [4.69, 9.17) is 4.74 Å². The lowest BCUT2D eigenvalue weighted by molar-refractivity contribution is -0.115. The van der Waals surface area contributed by atoms with Crippen LogP contribution < -0.4 is 20.3 Å². The van der Waals surface area contributed by atoms with E-state index in [-0.39, 0.29) is 24.4 Å². The highest BCUT2D eigenvalue weighted by Crippen LogP contribution is 2.31. The van der Waals surface area contributed by atoms with Crippen LogP contribution >= 0.6 is 0 Å². The summed E-state index contributed by atoms with van der Waals surface area (Å²) in [6.45, 7) is 2.42. The van der Waals surface area contributed by atoms with Crippen molar-refractivity contribution in [1.82, 2.24) is 0 Å². The maximum absolute atomic E-state index is 12.6. The third kappa shape index (κ3) is 4.69. The van der Waals surface area contributed by atoms with Crippen LogP contribution in [0.5, 0.6) is 5.75 Å². The molecule has 0 unspecified atom stereocenters. The molecule has 0 spiro atoms. The highest BCUT2D eigenvalue weighted by molar-refractivity contribution is 6.04. The van der Waals surface area contributed by atoms with E-state index >= 15 is 0 Å². The minimum atomic E-state index is -0.217. The Morgan fingerprint density at radius 2 is 1.58 bits per heavy atom. The monoisotopic (exact) mass is 415 g/mol. The van der Waals surface area contributed by atoms with Gasteiger partial charge in [-0.25, -0.2) is 0 Å². The Labute approximate surface area is 181 Å². The SMILES string of the molecule is COc1ccc(NC(=O)c2ccc(NC(=O)CN3c4ccccc4C[C@H]3C)cc2)cc1. The van der Waals surface area contributed by atoms with Gasteiger partial charge in [0.2, 0.25) is 5.91 Å². The van der Waals surface area contributed by atoms with Gasteiger partial charge in [0.1, 0.15) is 5.75 Å². The predicted molar refractivity (Wildman–Crippen MR) is 123 cm³/mol. The molecule has 1 heterocycles.